The first-order valence-electron chi connectivity index (χ1n) is 5.21. The minimum absolute atomic E-state index is 0.0391. The van der Waals surface area contributed by atoms with Crippen molar-refractivity contribution in [2.45, 2.75) is 31.7 Å². The Bertz CT molecular complexity index is 383. The topological polar surface area (TPSA) is 49.3 Å². The highest BCUT2D eigenvalue weighted by molar-refractivity contribution is 5.95. The van der Waals surface area contributed by atoms with Crippen molar-refractivity contribution in [3.63, 3.8) is 0 Å². The van der Waals surface area contributed by atoms with Gasteiger partial charge in [0.05, 0.1) is 0 Å². The molecule has 1 aliphatic rings. The highest BCUT2D eigenvalue weighted by Crippen LogP contribution is 2.31. The molecule has 1 saturated carbocycles. The molecule has 1 fully saturated rings. The molecule has 0 saturated heterocycles. The van der Waals surface area contributed by atoms with Crippen molar-refractivity contribution in [3.8, 4) is 5.75 Å². The molecule has 0 bridgehead atoms. The van der Waals surface area contributed by atoms with Crippen molar-refractivity contribution in [1.29, 1.82) is 0 Å². The van der Waals surface area contributed by atoms with Crippen molar-refractivity contribution in [2.24, 2.45) is 0 Å². The van der Waals surface area contributed by atoms with Crippen LogP contribution in [0.2, 0.25) is 0 Å². The van der Waals surface area contributed by atoms with Crippen molar-refractivity contribution >= 4 is 5.91 Å². The van der Waals surface area contributed by atoms with Gasteiger partial charge in [0.2, 0.25) is 0 Å². The number of nitrogens with one attached hydrogen (secondary N) is 1. The van der Waals surface area contributed by atoms with E-state index < -0.39 is 0 Å². The minimum atomic E-state index is -0.104. The predicted molar refractivity (Wildman–Crippen MR) is 57.8 cm³/mol. The lowest BCUT2D eigenvalue weighted by Crippen LogP contribution is -2.50. The monoisotopic (exact) mass is 205 g/mol. The average Bonchev–Trinajstić information content (AvgIpc) is 2.15. The van der Waals surface area contributed by atoms with Gasteiger partial charge >= 0.3 is 0 Å². The fourth-order valence-corrected chi connectivity index (χ4v) is 1.83. The Morgan fingerprint density at radius 2 is 2.20 bits per heavy atom. The Hall–Kier alpha value is -1.51. The predicted octanol–water partition coefficient (Wildman–Crippen LogP) is 2.06. The molecule has 15 heavy (non-hydrogen) atoms. The molecule has 1 aromatic carbocycles. The van der Waals surface area contributed by atoms with Crippen molar-refractivity contribution in [2.75, 3.05) is 0 Å². The first kappa shape index (κ1) is 10.0. The van der Waals surface area contributed by atoms with Crippen LogP contribution in [0.25, 0.3) is 0 Å². The van der Waals surface area contributed by atoms with E-state index >= 15 is 0 Å². The summed E-state index contributed by atoms with van der Waals surface area (Å²) in [6.45, 7) is 2.05. The lowest BCUT2D eigenvalue weighted by molar-refractivity contribution is 0.0850. The van der Waals surface area contributed by atoms with Crippen LogP contribution in [0.1, 0.15) is 36.5 Å². The third-order valence-corrected chi connectivity index (χ3v) is 2.98. The summed E-state index contributed by atoms with van der Waals surface area (Å²) >= 11 is 0. The fraction of sp³-hybridized carbons (Fsp3) is 0.417. The summed E-state index contributed by atoms with van der Waals surface area (Å²) < 4.78 is 0. The van der Waals surface area contributed by atoms with Crippen LogP contribution >= 0.6 is 0 Å². The number of phenolic OH excluding ortho intramolecular Hbond substituents is 1. The van der Waals surface area contributed by atoms with Crippen molar-refractivity contribution in [1.82, 2.24) is 5.32 Å². The number of rotatable bonds is 2. The van der Waals surface area contributed by atoms with E-state index in [2.05, 4.69) is 12.2 Å². The molecule has 1 aliphatic carbocycles. The molecule has 3 nitrogen and oxygen atoms in total. The summed E-state index contributed by atoms with van der Waals surface area (Å²) in [5, 5.41) is 12.2. The molecule has 1 amide bonds. The van der Waals surface area contributed by atoms with E-state index in [-0.39, 0.29) is 17.2 Å². The quantitative estimate of drug-likeness (QED) is 0.776. The minimum Gasteiger partial charge on any atom is -0.508 e. The van der Waals surface area contributed by atoms with E-state index in [1.165, 1.54) is 12.5 Å². The smallest absolute Gasteiger partial charge is 0.251 e. The SMILES string of the molecule is CC1(NC(=O)c2cccc(O)c2)CCC1. The summed E-state index contributed by atoms with van der Waals surface area (Å²) in [7, 11) is 0. The summed E-state index contributed by atoms with van der Waals surface area (Å²) in [5.74, 6) is 0.0227. The largest absolute Gasteiger partial charge is 0.508 e. The third-order valence-electron chi connectivity index (χ3n) is 2.98. The molecule has 2 rings (SSSR count). The van der Waals surface area contributed by atoms with Gasteiger partial charge < -0.3 is 10.4 Å². The second-order valence-electron chi connectivity index (χ2n) is 4.42. The van der Waals surface area contributed by atoms with E-state index in [9.17, 15) is 9.90 Å². The standard InChI is InChI=1S/C12H15NO2/c1-12(6-3-7-12)13-11(15)9-4-2-5-10(14)8-9/h2,4-5,8,14H,3,6-7H2,1H3,(H,13,15). The first-order valence-corrected chi connectivity index (χ1v) is 5.21. The van der Waals surface area contributed by atoms with Gasteiger partial charge in [-0.05, 0) is 44.4 Å². The summed E-state index contributed by atoms with van der Waals surface area (Å²) in [5.41, 5.74) is 0.478. The molecule has 0 spiro atoms. The van der Waals surface area contributed by atoms with Crippen LogP contribution in [0, 0.1) is 0 Å². The van der Waals surface area contributed by atoms with Crippen LogP contribution in [0.4, 0.5) is 0 Å². The van der Waals surface area contributed by atoms with Crippen molar-refractivity contribution in [3.05, 3.63) is 29.8 Å². The first-order chi connectivity index (χ1) is 7.09. The molecule has 0 atom stereocenters. The van der Waals surface area contributed by atoms with Crippen LogP contribution in [-0.4, -0.2) is 16.6 Å². The molecule has 0 aliphatic heterocycles. The number of hydrogen-bond acceptors (Lipinski definition) is 2. The molecule has 80 valence electrons. The Morgan fingerprint density at radius 3 is 2.73 bits per heavy atom. The Balaban J connectivity index is 2.08. The molecular weight excluding hydrogens is 190 g/mol. The van der Waals surface area contributed by atoms with Crippen LogP contribution in [0.3, 0.4) is 0 Å². The van der Waals surface area contributed by atoms with E-state index in [4.69, 9.17) is 0 Å². The number of benzene rings is 1. The zero-order chi connectivity index (χ0) is 10.9. The molecule has 0 unspecified atom stereocenters. The Morgan fingerprint density at radius 1 is 1.47 bits per heavy atom. The number of phenols is 1. The number of carbonyl (C=O) groups excluding carboxylic acids is 1. The maximum Gasteiger partial charge on any atom is 0.251 e. The van der Waals surface area contributed by atoms with Gasteiger partial charge in [0, 0.05) is 11.1 Å². The molecule has 0 aromatic heterocycles. The zero-order valence-corrected chi connectivity index (χ0v) is 8.79. The second-order valence-corrected chi connectivity index (χ2v) is 4.42. The third kappa shape index (κ3) is 2.12. The maximum atomic E-state index is 11.8. The van der Waals surface area contributed by atoms with Crippen LogP contribution in [-0.2, 0) is 0 Å². The number of carbonyl (C=O) groups is 1. The highest BCUT2D eigenvalue weighted by atomic mass is 16.3. The molecular formula is C12H15NO2. The normalized spacial score (nSPS) is 17.9. The number of hydrogen-bond donors (Lipinski definition) is 2. The summed E-state index contributed by atoms with van der Waals surface area (Å²) in [6.07, 6.45) is 3.26. The lowest BCUT2D eigenvalue weighted by Gasteiger charge is -2.39. The Labute approximate surface area is 89.1 Å². The van der Waals surface area contributed by atoms with E-state index in [1.54, 1.807) is 18.2 Å². The average molecular weight is 205 g/mol. The second kappa shape index (κ2) is 3.57. The summed E-state index contributed by atoms with van der Waals surface area (Å²) in [6, 6.07) is 6.42. The van der Waals surface area contributed by atoms with Crippen LogP contribution < -0.4 is 5.32 Å². The van der Waals surface area contributed by atoms with Crippen LogP contribution in [0.5, 0.6) is 5.75 Å². The molecule has 1 aromatic rings. The molecule has 2 N–H and O–H groups in total. The Kier molecular flexibility index (Phi) is 2.39. The van der Waals surface area contributed by atoms with E-state index in [0.29, 0.717) is 5.56 Å². The number of aromatic hydroxyl groups is 1. The zero-order valence-electron chi connectivity index (χ0n) is 8.79. The van der Waals surface area contributed by atoms with Crippen LogP contribution in [0.15, 0.2) is 24.3 Å². The van der Waals surface area contributed by atoms with E-state index in [0.717, 1.165) is 12.8 Å². The molecule has 3 heteroatoms. The molecule has 0 heterocycles. The van der Waals surface area contributed by atoms with Gasteiger partial charge in [-0.1, -0.05) is 6.07 Å². The van der Waals surface area contributed by atoms with Gasteiger partial charge in [-0.3, -0.25) is 4.79 Å². The van der Waals surface area contributed by atoms with Gasteiger partial charge in [0.25, 0.3) is 5.91 Å². The van der Waals surface area contributed by atoms with Gasteiger partial charge in [-0.25, -0.2) is 0 Å². The lowest BCUT2D eigenvalue weighted by atomic mass is 9.78. The van der Waals surface area contributed by atoms with Gasteiger partial charge in [0.1, 0.15) is 5.75 Å². The molecule has 0 radical (unpaired) electrons. The highest BCUT2D eigenvalue weighted by Gasteiger charge is 2.33. The van der Waals surface area contributed by atoms with Gasteiger partial charge in [-0.15, -0.1) is 0 Å². The van der Waals surface area contributed by atoms with Gasteiger partial charge in [0.15, 0.2) is 0 Å². The van der Waals surface area contributed by atoms with E-state index in [1.807, 2.05) is 0 Å². The fourth-order valence-electron chi connectivity index (χ4n) is 1.83. The van der Waals surface area contributed by atoms with Gasteiger partial charge in [-0.2, -0.15) is 0 Å². The van der Waals surface area contributed by atoms with Crippen molar-refractivity contribution < 1.29 is 9.90 Å². The summed E-state index contributed by atoms with van der Waals surface area (Å²) in [4.78, 5) is 11.8. The number of amides is 1. The maximum absolute atomic E-state index is 11.8.